The molecule has 0 fully saturated rings. The third-order valence-electron chi connectivity index (χ3n) is 4.53. The van der Waals surface area contributed by atoms with E-state index in [4.69, 9.17) is 4.42 Å². The van der Waals surface area contributed by atoms with Gasteiger partial charge < -0.3 is 19.6 Å². The molecule has 0 amide bonds. The van der Waals surface area contributed by atoms with Gasteiger partial charge in [-0.05, 0) is 50.6 Å². The van der Waals surface area contributed by atoms with Gasteiger partial charge in [0, 0.05) is 0 Å². The van der Waals surface area contributed by atoms with Gasteiger partial charge in [0.1, 0.15) is 11.5 Å². The van der Waals surface area contributed by atoms with Crippen LogP contribution in [0.4, 0.5) is 0 Å². The number of nitrogens with zero attached hydrogens (tertiary/aromatic N) is 2. The number of Topliss-reactive ketones (excluding diaryl/α,β-unsaturated/α-hetero) is 1. The molecule has 4 rings (SSSR count). The predicted molar refractivity (Wildman–Crippen MR) is 95.9 cm³/mol. The standard InChI is InChI=1S/C19H17N3O4/c1-9-6-15(26-11(9)3)17-16(10(2)23)18(24)19(25)22(17)12-4-5-13-14(7-12)21-8-20-13/h4-8,24-25H,1-3H3,(H,20,21). The van der Waals surface area contributed by atoms with E-state index in [1.165, 1.54) is 11.5 Å². The summed E-state index contributed by atoms with van der Waals surface area (Å²) in [5, 5.41) is 20.9. The minimum Gasteiger partial charge on any atom is -0.503 e. The minimum absolute atomic E-state index is 0.0148. The number of fused-ring (bicyclic) bond motifs is 1. The molecule has 0 aliphatic rings. The number of carbonyl (C=O) groups excluding carboxylic acids is 1. The van der Waals surface area contributed by atoms with E-state index in [2.05, 4.69) is 9.97 Å². The predicted octanol–water partition coefficient (Wildman–Crippen LogP) is 3.84. The summed E-state index contributed by atoms with van der Waals surface area (Å²) in [5.74, 6) is -0.170. The van der Waals surface area contributed by atoms with Crippen LogP contribution in [0, 0.1) is 13.8 Å². The number of nitrogens with one attached hydrogen (secondary N) is 1. The van der Waals surface area contributed by atoms with Crippen molar-refractivity contribution < 1.29 is 19.4 Å². The van der Waals surface area contributed by atoms with Crippen LogP contribution in [0.3, 0.4) is 0 Å². The normalized spacial score (nSPS) is 11.3. The average molecular weight is 351 g/mol. The number of aromatic nitrogens is 3. The molecule has 0 spiro atoms. The monoisotopic (exact) mass is 351 g/mol. The zero-order chi connectivity index (χ0) is 18.6. The van der Waals surface area contributed by atoms with E-state index >= 15 is 0 Å². The molecule has 0 radical (unpaired) electrons. The molecular formula is C19H17N3O4. The Morgan fingerprint density at radius 3 is 2.65 bits per heavy atom. The lowest BCUT2D eigenvalue weighted by atomic mass is 10.1. The fraction of sp³-hybridized carbons (Fsp3) is 0.158. The van der Waals surface area contributed by atoms with Gasteiger partial charge in [-0.1, -0.05) is 0 Å². The number of rotatable bonds is 3. The van der Waals surface area contributed by atoms with E-state index in [9.17, 15) is 15.0 Å². The molecule has 0 unspecified atom stereocenters. The summed E-state index contributed by atoms with van der Waals surface area (Å²) in [7, 11) is 0. The van der Waals surface area contributed by atoms with Crippen molar-refractivity contribution >= 4 is 16.8 Å². The average Bonchev–Trinajstić information content (AvgIpc) is 3.25. The summed E-state index contributed by atoms with van der Waals surface area (Å²) in [6.07, 6.45) is 1.57. The maximum absolute atomic E-state index is 12.2. The Labute approximate surface area is 148 Å². The fourth-order valence-electron chi connectivity index (χ4n) is 3.12. The smallest absolute Gasteiger partial charge is 0.240 e. The summed E-state index contributed by atoms with van der Waals surface area (Å²) in [5.41, 5.74) is 3.32. The Morgan fingerprint density at radius 1 is 1.23 bits per heavy atom. The summed E-state index contributed by atoms with van der Waals surface area (Å²) in [6, 6.07) is 7.09. The maximum Gasteiger partial charge on any atom is 0.240 e. The van der Waals surface area contributed by atoms with Gasteiger partial charge in [-0.3, -0.25) is 9.36 Å². The Hall–Kier alpha value is -3.48. The van der Waals surface area contributed by atoms with Gasteiger partial charge in [0.2, 0.25) is 5.88 Å². The maximum atomic E-state index is 12.2. The van der Waals surface area contributed by atoms with E-state index in [1.54, 1.807) is 30.6 Å². The van der Waals surface area contributed by atoms with Crippen molar-refractivity contribution in [2.45, 2.75) is 20.8 Å². The van der Waals surface area contributed by atoms with Gasteiger partial charge in [0.25, 0.3) is 0 Å². The first-order chi connectivity index (χ1) is 12.4. The number of hydrogen-bond donors (Lipinski definition) is 3. The molecule has 0 atom stereocenters. The first-order valence-corrected chi connectivity index (χ1v) is 8.07. The van der Waals surface area contributed by atoms with Crippen LogP contribution in [0.2, 0.25) is 0 Å². The zero-order valence-corrected chi connectivity index (χ0v) is 14.5. The van der Waals surface area contributed by atoms with Gasteiger partial charge in [0.05, 0.1) is 28.6 Å². The Kier molecular flexibility index (Phi) is 3.40. The van der Waals surface area contributed by atoms with Crippen LogP contribution < -0.4 is 0 Å². The number of aryl methyl sites for hydroxylation is 2. The minimum atomic E-state index is -0.469. The highest BCUT2D eigenvalue weighted by atomic mass is 16.3. The largest absolute Gasteiger partial charge is 0.503 e. The summed E-state index contributed by atoms with van der Waals surface area (Å²) < 4.78 is 7.19. The van der Waals surface area contributed by atoms with Gasteiger partial charge in [-0.25, -0.2) is 4.98 Å². The highest BCUT2D eigenvalue weighted by Crippen LogP contribution is 2.44. The number of hydrogen-bond acceptors (Lipinski definition) is 5. The number of imidazole rings is 1. The molecule has 4 aromatic rings. The first-order valence-electron chi connectivity index (χ1n) is 8.07. The quantitative estimate of drug-likeness (QED) is 0.486. The molecule has 3 heterocycles. The molecule has 0 aliphatic carbocycles. The number of aromatic hydroxyl groups is 2. The van der Waals surface area contributed by atoms with E-state index in [0.29, 0.717) is 22.9 Å². The molecule has 7 heteroatoms. The topological polar surface area (TPSA) is 104 Å². The van der Waals surface area contributed by atoms with Crippen LogP contribution in [0.25, 0.3) is 28.2 Å². The SMILES string of the molecule is CC(=O)c1c(O)c(O)n(-c2ccc3nc[nH]c3c2)c1-c1cc(C)c(C)o1. The van der Waals surface area contributed by atoms with Crippen molar-refractivity contribution in [1.29, 1.82) is 0 Å². The van der Waals surface area contributed by atoms with Gasteiger partial charge >= 0.3 is 0 Å². The number of ketones is 1. The molecular weight excluding hydrogens is 334 g/mol. The molecule has 3 aromatic heterocycles. The van der Waals surface area contributed by atoms with E-state index in [0.717, 1.165) is 16.6 Å². The second-order valence-electron chi connectivity index (χ2n) is 6.24. The second-order valence-corrected chi connectivity index (χ2v) is 6.24. The third kappa shape index (κ3) is 2.21. The third-order valence-corrected chi connectivity index (χ3v) is 4.53. The Balaban J connectivity index is 2.07. The van der Waals surface area contributed by atoms with Crippen molar-refractivity contribution in [3.8, 4) is 28.8 Å². The highest BCUT2D eigenvalue weighted by Gasteiger charge is 2.29. The lowest BCUT2D eigenvalue weighted by Crippen LogP contribution is -2.00. The van der Waals surface area contributed by atoms with Crippen LogP contribution in [0.5, 0.6) is 11.6 Å². The zero-order valence-electron chi connectivity index (χ0n) is 14.5. The summed E-state index contributed by atoms with van der Waals surface area (Å²) >= 11 is 0. The van der Waals surface area contributed by atoms with Crippen LogP contribution >= 0.6 is 0 Å². The number of carbonyl (C=O) groups is 1. The molecule has 7 nitrogen and oxygen atoms in total. The van der Waals surface area contributed by atoms with Crippen molar-refractivity contribution in [3.05, 3.63) is 47.5 Å². The molecule has 3 N–H and O–H groups in total. The number of aromatic amines is 1. The molecule has 0 aliphatic heterocycles. The fourth-order valence-corrected chi connectivity index (χ4v) is 3.12. The van der Waals surface area contributed by atoms with Crippen molar-refractivity contribution in [2.75, 3.05) is 0 Å². The number of H-pyrrole nitrogens is 1. The first kappa shape index (κ1) is 16.0. The molecule has 0 saturated carbocycles. The van der Waals surface area contributed by atoms with Gasteiger partial charge in [-0.15, -0.1) is 0 Å². The van der Waals surface area contributed by atoms with Crippen molar-refractivity contribution in [2.24, 2.45) is 0 Å². The number of furan rings is 1. The van der Waals surface area contributed by atoms with Crippen LogP contribution in [0.1, 0.15) is 28.6 Å². The van der Waals surface area contributed by atoms with Crippen molar-refractivity contribution in [1.82, 2.24) is 14.5 Å². The Morgan fingerprint density at radius 2 is 2.00 bits per heavy atom. The van der Waals surface area contributed by atoms with E-state index in [1.807, 2.05) is 13.8 Å². The van der Waals surface area contributed by atoms with Crippen LogP contribution in [-0.4, -0.2) is 30.5 Å². The van der Waals surface area contributed by atoms with E-state index in [-0.39, 0.29) is 11.3 Å². The lowest BCUT2D eigenvalue weighted by molar-refractivity contribution is 0.101. The Bertz CT molecular complexity index is 1140. The lowest BCUT2D eigenvalue weighted by Gasteiger charge is -2.09. The van der Waals surface area contributed by atoms with Gasteiger partial charge in [0.15, 0.2) is 17.3 Å². The molecule has 132 valence electrons. The van der Waals surface area contributed by atoms with Crippen molar-refractivity contribution in [3.63, 3.8) is 0 Å². The van der Waals surface area contributed by atoms with E-state index < -0.39 is 11.6 Å². The molecule has 0 bridgehead atoms. The molecule has 0 saturated heterocycles. The summed E-state index contributed by atoms with van der Waals surface area (Å²) in [4.78, 5) is 19.4. The van der Waals surface area contributed by atoms with Crippen LogP contribution in [-0.2, 0) is 0 Å². The van der Waals surface area contributed by atoms with Gasteiger partial charge in [-0.2, -0.15) is 0 Å². The second kappa shape index (κ2) is 5.52. The van der Waals surface area contributed by atoms with Crippen LogP contribution in [0.15, 0.2) is 35.0 Å². The summed E-state index contributed by atoms with van der Waals surface area (Å²) in [6.45, 7) is 5.04. The molecule has 26 heavy (non-hydrogen) atoms. The highest BCUT2D eigenvalue weighted by molar-refractivity contribution is 6.04. The molecule has 1 aromatic carbocycles. The number of benzene rings is 1.